The maximum Gasteiger partial charge on any atom is 0.225 e. The van der Waals surface area contributed by atoms with E-state index in [2.05, 4.69) is 5.32 Å². The molecule has 25 heavy (non-hydrogen) atoms. The van der Waals surface area contributed by atoms with E-state index in [4.69, 9.17) is 4.74 Å². The molecule has 0 spiro atoms. The summed E-state index contributed by atoms with van der Waals surface area (Å²) >= 11 is 0. The highest BCUT2D eigenvalue weighted by molar-refractivity contribution is 7.88. The van der Waals surface area contributed by atoms with Crippen molar-refractivity contribution in [2.45, 2.75) is 26.4 Å². The zero-order chi connectivity index (χ0) is 19.0. The summed E-state index contributed by atoms with van der Waals surface area (Å²) in [5.41, 5.74) is 0.584. The number of ether oxygens (including phenoxy) is 1. The summed E-state index contributed by atoms with van der Waals surface area (Å²) in [6.45, 7) is 4.91. The quantitative estimate of drug-likeness (QED) is 0.676. The molecule has 0 saturated carbocycles. The second kappa shape index (κ2) is 9.74. The van der Waals surface area contributed by atoms with Gasteiger partial charge in [-0.2, -0.15) is 0 Å². The smallest absolute Gasteiger partial charge is 0.225 e. The number of nitrogens with zero attached hydrogens (tertiary/aromatic N) is 2. The Labute approximate surface area is 151 Å². The average molecular weight is 372 g/mol. The van der Waals surface area contributed by atoms with Crippen molar-refractivity contribution in [2.24, 2.45) is 0 Å². The van der Waals surface area contributed by atoms with E-state index < -0.39 is 10.0 Å². The van der Waals surface area contributed by atoms with Crippen LogP contribution in [0.1, 0.15) is 20.3 Å². The van der Waals surface area contributed by atoms with Crippen molar-refractivity contribution >= 4 is 21.6 Å². The molecule has 1 rings (SSSR count). The Morgan fingerprint density at radius 2 is 1.80 bits per heavy atom. The minimum atomic E-state index is -3.35. The number of hydrogen-bond donors (Lipinski definition) is 1. The number of sulfonamides is 1. The molecule has 0 saturated heterocycles. The van der Waals surface area contributed by atoms with Crippen LogP contribution in [0.4, 0.5) is 5.69 Å². The molecule has 0 heterocycles. The summed E-state index contributed by atoms with van der Waals surface area (Å²) in [4.78, 5) is 14.1. The van der Waals surface area contributed by atoms with Crippen LogP contribution in [0.25, 0.3) is 0 Å². The molecule has 1 N–H and O–H groups in total. The Hall–Kier alpha value is -1.64. The summed E-state index contributed by atoms with van der Waals surface area (Å²) < 4.78 is 30.7. The lowest BCUT2D eigenvalue weighted by Gasteiger charge is -2.22. The first-order valence-electron chi connectivity index (χ1n) is 8.25. The number of likely N-dealkylation sites (N-methyl/N-ethyl adjacent to an activating group) is 1. The van der Waals surface area contributed by atoms with Crippen LogP contribution >= 0.6 is 0 Å². The summed E-state index contributed by atoms with van der Waals surface area (Å²) in [6, 6.07) is 7.19. The highest BCUT2D eigenvalue weighted by atomic mass is 32.2. The van der Waals surface area contributed by atoms with Crippen molar-refractivity contribution in [3.63, 3.8) is 0 Å². The number of carbonyl (C=O) groups is 1. The maximum absolute atomic E-state index is 12.2. The maximum atomic E-state index is 12.2. The Morgan fingerprint density at radius 3 is 2.36 bits per heavy atom. The third kappa shape index (κ3) is 8.33. The van der Waals surface area contributed by atoms with Crippen molar-refractivity contribution in [3.8, 4) is 5.75 Å². The van der Waals surface area contributed by atoms with Gasteiger partial charge in [0.25, 0.3) is 0 Å². The van der Waals surface area contributed by atoms with E-state index in [1.165, 1.54) is 4.31 Å². The minimum Gasteiger partial charge on any atom is -0.489 e. The van der Waals surface area contributed by atoms with Gasteiger partial charge in [-0.1, -0.05) is 12.1 Å². The molecule has 1 amide bonds. The molecule has 1 aromatic rings. The van der Waals surface area contributed by atoms with Gasteiger partial charge in [0.1, 0.15) is 5.75 Å². The summed E-state index contributed by atoms with van der Waals surface area (Å²) in [5.74, 6) is 0.344. The number of anilines is 1. The molecular formula is C17H29N3O4S. The van der Waals surface area contributed by atoms with Gasteiger partial charge in [-0.15, -0.1) is 0 Å². The van der Waals surface area contributed by atoms with Gasteiger partial charge < -0.3 is 15.0 Å². The summed E-state index contributed by atoms with van der Waals surface area (Å²) in [5, 5.41) is 2.79. The van der Waals surface area contributed by atoms with Gasteiger partial charge in [0.05, 0.1) is 18.0 Å². The average Bonchev–Trinajstić information content (AvgIpc) is 2.47. The van der Waals surface area contributed by atoms with Crippen LogP contribution in [0.5, 0.6) is 5.75 Å². The Kier molecular flexibility index (Phi) is 8.34. The molecule has 0 radical (unpaired) electrons. The van der Waals surface area contributed by atoms with Crippen LogP contribution < -0.4 is 10.1 Å². The summed E-state index contributed by atoms with van der Waals surface area (Å²) in [7, 11) is 0.396. The summed E-state index contributed by atoms with van der Waals surface area (Å²) in [6.07, 6.45) is 1.23. The monoisotopic (exact) mass is 371 g/mol. The van der Waals surface area contributed by atoms with Gasteiger partial charge in [-0.25, -0.2) is 12.7 Å². The molecule has 142 valence electrons. The molecule has 7 nitrogen and oxygen atoms in total. The van der Waals surface area contributed by atoms with E-state index in [0.717, 1.165) is 6.26 Å². The number of hydrogen-bond acceptors (Lipinski definition) is 5. The topological polar surface area (TPSA) is 79.0 Å². The standard InChI is InChI=1S/C17H29N3O4S/c1-14(2)24-16-9-7-6-8-15(16)18-17(21)10-11-20(25(5,22)23)13-12-19(3)4/h6-9,14H,10-13H2,1-5H3,(H,18,21). The van der Waals surface area contributed by atoms with Crippen molar-refractivity contribution in [1.82, 2.24) is 9.21 Å². The van der Waals surface area contributed by atoms with E-state index in [9.17, 15) is 13.2 Å². The fraction of sp³-hybridized carbons (Fsp3) is 0.588. The first kappa shape index (κ1) is 21.4. The van der Waals surface area contributed by atoms with Crippen LogP contribution in [-0.2, 0) is 14.8 Å². The second-order valence-electron chi connectivity index (χ2n) is 6.43. The van der Waals surface area contributed by atoms with Crippen LogP contribution in [0.2, 0.25) is 0 Å². The lowest BCUT2D eigenvalue weighted by molar-refractivity contribution is -0.116. The zero-order valence-corrected chi connectivity index (χ0v) is 16.5. The number of carbonyl (C=O) groups excluding carboxylic acids is 1. The molecule has 0 aliphatic carbocycles. The van der Waals surface area contributed by atoms with Crippen molar-refractivity contribution in [1.29, 1.82) is 0 Å². The van der Waals surface area contributed by atoms with Gasteiger partial charge >= 0.3 is 0 Å². The molecule has 0 atom stereocenters. The molecule has 0 aliphatic rings. The number of amides is 1. The SMILES string of the molecule is CC(C)Oc1ccccc1NC(=O)CCN(CCN(C)C)S(C)(=O)=O. The van der Waals surface area contributed by atoms with E-state index in [1.54, 1.807) is 12.1 Å². The van der Waals surface area contributed by atoms with E-state index >= 15 is 0 Å². The lowest BCUT2D eigenvalue weighted by atomic mass is 10.2. The molecular weight excluding hydrogens is 342 g/mol. The minimum absolute atomic E-state index is 0.00943. The fourth-order valence-electron chi connectivity index (χ4n) is 2.12. The second-order valence-corrected chi connectivity index (χ2v) is 8.41. The van der Waals surface area contributed by atoms with Gasteiger partial charge in [0.15, 0.2) is 0 Å². The Balaban J connectivity index is 2.66. The molecule has 0 fully saturated rings. The van der Waals surface area contributed by atoms with Gasteiger partial charge in [-0.05, 0) is 40.1 Å². The Bertz CT molecular complexity index is 660. The molecule has 0 bridgehead atoms. The van der Waals surface area contributed by atoms with Crippen LogP contribution in [0.3, 0.4) is 0 Å². The first-order chi connectivity index (χ1) is 11.6. The normalized spacial score (nSPS) is 12.0. The predicted octanol–water partition coefficient (Wildman–Crippen LogP) is 1.63. The number of rotatable bonds is 10. The first-order valence-corrected chi connectivity index (χ1v) is 10.1. The van der Waals surface area contributed by atoms with Crippen molar-refractivity contribution in [3.05, 3.63) is 24.3 Å². The van der Waals surface area contributed by atoms with E-state index in [-0.39, 0.29) is 25.0 Å². The van der Waals surface area contributed by atoms with Crippen LogP contribution in [-0.4, -0.2) is 69.6 Å². The molecule has 0 aliphatic heterocycles. The molecule has 1 aromatic carbocycles. The third-order valence-electron chi connectivity index (χ3n) is 3.38. The van der Waals surface area contributed by atoms with E-state index in [0.29, 0.717) is 24.5 Å². The molecule has 8 heteroatoms. The van der Waals surface area contributed by atoms with Gasteiger partial charge in [-0.3, -0.25) is 4.79 Å². The van der Waals surface area contributed by atoms with Crippen LogP contribution in [0.15, 0.2) is 24.3 Å². The Morgan fingerprint density at radius 1 is 1.16 bits per heavy atom. The largest absolute Gasteiger partial charge is 0.489 e. The zero-order valence-electron chi connectivity index (χ0n) is 15.7. The predicted molar refractivity (Wildman–Crippen MR) is 100 cm³/mol. The van der Waals surface area contributed by atoms with Gasteiger partial charge in [0.2, 0.25) is 15.9 Å². The van der Waals surface area contributed by atoms with E-state index in [1.807, 2.05) is 45.0 Å². The van der Waals surface area contributed by atoms with Crippen LogP contribution in [0, 0.1) is 0 Å². The van der Waals surface area contributed by atoms with Crippen molar-refractivity contribution < 1.29 is 17.9 Å². The van der Waals surface area contributed by atoms with Crippen molar-refractivity contribution in [2.75, 3.05) is 45.3 Å². The number of para-hydroxylation sites is 2. The highest BCUT2D eigenvalue weighted by Gasteiger charge is 2.18. The van der Waals surface area contributed by atoms with Gasteiger partial charge in [0, 0.05) is 26.1 Å². The lowest BCUT2D eigenvalue weighted by Crippen LogP contribution is -2.37. The number of nitrogens with one attached hydrogen (secondary N) is 1. The highest BCUT2D eigenvalue weighted by Crippen LogP contribution is 2.24. The molecule has 0 unspecified atom stereocenters. The molecule has 0 aromatic heterocycles. The number of benzene rings is 1. The fourth-order valence-corrected chi connectivity index (χ4v) is 2.96. The third-order valence-corrected chi connectivity index (χ3v) is 4.68.